The van der Waals surface area contributed by atoms with Crippen molar-refractivity contribution >= 4 is 43.7 Å². The number of hydrogen-bond acceptors (Lipinski definition) is 7. The van der Waals surface area contributed by atoms with E-state index in [9.17, 15) is 26.4 Å². The number of alkyl halides is 3. The van der Waals surface area contributed by atoms with Gasteiger partial charge in [0.1, 0.15) is 10.3 Å². The Bertz CT molecular complexity index is 864. The van der Waals surface area contributed by atoms with Crippen LogP contribution in [0.1, 0.15) is 17.8 Å². The molecule has 1 atom stereocenters. The molecule has 1 aliphatic heterocycles. The zero-order chi connectivity index (χ0) is 18.2. The van der Waals surface area contributed by atoms with Crippen LogP contribution in [-0.4, -0.2) is 41.4 Å². The summed E-state index contributed by atoms with van der Waals surface area (Å²) in [5.41, 5.74) is 0. The fourth-order valence-electron chi connectivity index (χ4n) is 2.39. The molecule has 136 valence electrons. The van der Waals surface area contributed by atoms with Gasteiger partial charge in [0.05, 0.1) is 0 Å². The van der Waals surface area contributed by atoms with Crippen LogP contribution in [0.3, 0.4) is 0 Å². The van der Waals surface area contributed by atoms with Crippen molar-refractivity contribution in [3.8, 4) is 0 Å². The minimum atomic E-state index is -4.65. The molecule has 1 unspecified atom stereocenters. The van der Waals surface area contributed by atoms with Crippen molar-refractivity contribution in [2.24, 2.45) is 0 Å². The minimum Gasteiger partial charge on any atom is -0.299 e. The van der Waals surface area contributed by atoms with Gasteiger partial charge < -0.3 is 0 Å². The van der Waals surface area contributed by atoms with Gasteiger partial charge in [-0.15, -0.1) is 21.5 Å². The molecule has 0 spiro atoms. The van der Waals surface area contributed by atoms with E-state index < -0.39 is 33.2 Å². The number of carbonyl (C=O) groups excluding carboxylic acids is 1. The van der Waals surface area contributed by atoms with Crippen molar-refractivity contribution in [2.75, 3.05) is 11.9 Å². The molecule has 0 saturated carbocycles. The summed E-state index contributed by atoms with van der Waals surface area (Å²) in [6.45, 7) is 0.169. The first kappa shape index (κ1) is 18.2. The molecule has 13 heteroatoms. The highest BCUT2D eigenvalue weighted by Crippen LogP contribution is 2.34. The molecule has 0 aliphatic carbocycles. The fraction of sp³-hybridized carbons (Fsp3) is 0.417. The van der Waals surface area contributed by atoms with Gasteiger partial charge in [-0.1, -0.05) is 17.4 Å². The van der Waals surface area contributed by atoms with Crippen LogP contribution in [0.2, 0.25) is 0 Å². The van der Waals surface area contributed by atoms with Gasteiger partial charge in [0.15, 0.2) is 0 Å². The predicted molar refractivity (Wildman–Crippen MR) is 84.8 cm³/mol. The van der Waals surface area contributed by atoms with Crippen LogP contribution in [0, 0.1) is 0 Å². The van der Waals surface area contributed by atoms with Crippen molar-refractivity contribution in [3.05, 3.63) is 22.5 Å². The normalized spacial score (nSPS) is 19.2. The summed E-state index contributed by atoms with van der Waals surface area (Å²) in [6, 6.07) is 2.03. The minimum absolute atomic E-state index is 0.113. The van der Waals surface area contributed by atoms with Crippen LogP contribution < -0.4 is 5.32 Å². The molecule has 3 heterocycles. The molecule has 0 bridgehead atoms. The topological polar surface area (TPSA) is 92.3 Å². The zero-order valence-electron chi connectivity index (χ0n) is 12.4. The Morgan fingerprint density at radius 3 is 2.72 bits per heavy atom. The van der Waals surface area contributed by atoms with E-state index in [2.05, 4.69) is 15.5 Å². The average molecular weight is 412 g/mol. The molecule has 1 fully saturated rings. The molecule has 1 aliphatic rings. The lowest BCUT2D eigenvalue weighted by Gasteiger charge is -2.22. The monoisotopic (exact) mass is 412 g/mol. The number of thiophene rings is 1. The number of rotatable bonds is 4. The molecule has 7 nitrogen and oxygen atoms in total. The Balaban J connectivity index is 1.76. The maximum atomic E-state index is 12.6. The maximum Gasteiger partial charge on any atom is 0.445 e. The van der Waals surface area contributed by atoms with Crippen LogP contribution >= 0.6 is 22.7 Å². The standard InChI is InChI=1S/C12H11F3N4O3S3/c13-12(14,15)10-17-18-11(24-10)16-9(20)7-3-1-5-19(7)25(21,22)8-4-2-6-23-8/h2,4,6-7H,1,3,5H2,(H,16,18,20). The molecule has 2 aromatic rings. The molecule has 2 aromatic heterocycles. The van der Waals surface area contributed by atoms with Gasteiger partial charge in [-0.3, -0.25) is 10.1 Å². The van der Waals surface area contributed by atoms with Crippen LogP contribution in [0.15, 0.2) is 21.7 Å². The van der Waals surface area contributed by atoms with Crippen LogP contribution in [0.5, 0.6) is 0 Å². The lowest BCUT2D eigenvalue weighted by atomic mass is 10.2. The van der Waals surface area contributed by atoms with E-state index in [1.807, 2.05) is 0 Å². The first-order chi connectivity index (χ1) is 11.7. The second kappa shape index (κ2) is 6.63. The average Bonchev–Trinajstić information content (AvgIpc) is 3.27. The van der Waals surface area contributed by atoms with Crippen molar-refractivity contribution in [1.82, 2.24) is 14.5 Å². The second-order valence-electron chi connectivity index (χ2n) is 5.11. The number of halogens is 3. The van der Waals surface area contributed by atoms with Crippen molar-refractivity contribution in [3.63, 3.8) is 0 Å². The van der Waals surface area contributed by atoms with E-state index in [0.29, 0.717) is 6.42 Å². The molecular weight excluding hydrogens is 401 g/mol. The Labute approximate surface area is 148 Å². The van der Waals surface area contributed by atoms with E-state index in [1.54, 1.807) is 11.4 Å². The van der Waals surface area contributed by atoms with Crippen LogP contribution in [-0.2, 0) is 21.0 Å². The van der Waals surface area contributed by atoms with Crippen molar-refractivity contribution in [2.45, 2.75) is 29.3 Å². The van der Waals surface area contributed by atoms with Gasteiger partial charge in [0.25, 0.3) is 10.0 Å². The number of carbonyl (C=O) groups is 1. The lowest BCUT2D eigenvalue weighted by molar-refractivity contribution is -0.138. The highest BCUT2D eigenvalue weighted by atomic mass is 32.2. The smallest absolute Gasteiger partial charge is 0.299 e. The molecule has 3 rings (SSSR count). The van der Waals surface area contributed by atoms with Crippen LogP contribution in [0.25, 0.3) is 0 Å². The number of anilines is 1. The van der Waals surface area contributed by atoms with Gasteiger partial charge in [-0.2, -0.15) is 17.5 Å². The highest BCUT2D eigenvalue weighted by molar-refractivity contribution is 7.91. The molecule has 25 heavy (non-hydrogen) atoms. The molecule has 0 radical (unpaired) electrons. The lowest BCUT2D eigenvalue weighted by Crippen LogP contribution is -2.42. The van der Waals surface area contributed by atoms with E-state index in [4.69, 9.17) is 0 Å². The summed E-state index contributed by atoms with van der Waals surface area (Å²) in [4.78, 5) is 12.3. The summed E-state index contributed by atoms with van der Waals surface area (Å²) in [5.74, 6) is -0.720. The van der Waals surface area contributed by atoms with E-state index >= 15 is 0 Å². The van der Waals surface area contributed by atoms with E-state index in [0.717, 1.165) is 15.6 Å². The summed E-state index contributed by atoms with van der Waals surface area (Å²) in [6.07, 6.45) is -3.89. The third kappa shape index (κ3) is 3.68. The van der Waals surface area contributed by atoms with E-state index in [-0.39, 0.29) is 33.6 Å². The first-order valence-corrected chi connectivity index (χ1v) is 10.1. The second-order valence-corrected chi connectivity index (χ2v) is 9.15. The Kier molecular flexibility index (Phi) is 4.83. The molecule has 1 saturated heterocycles. The molecule has 1 amide bonds. The highest BCUT2D eigenvalue weighted by Gasteiger charge is 2.41. The number of amides is 1. The summed E-state index contributed by atoms with van der Waals surface area (Å²) < 4.78 is 63.9. The van der Waals surface area contributed by atoms with Gasteiger partial charge in [0.2, 0.25) is 16.0 Å². The number of nitrogens with one attached hydrogen (secondary N) is 1. The quantitative estimate of drug-likeness (QED) is 0.833. The number of sulfonamides is 1. The van der Waals surface area contributed by atoms with Gasteiger partial charge in [-0.25, -0.2) is 8.42 Å². The third-order valence-corrected chi connectivity index (χ3v) is 7.63. The number of nitrogens with zero attached hydrogens (tertiary/aromatic N) is 3. The fourth-order valence-corrected chi connectivity index (χ4v) is 5.78. The van der Waals surface area contributed by atoms with Gasteiger partial charge >= 0.3 is 6.18 Å². The molecular formula is C12H11F3N4O3S3. The number of hydrogen-bond donors (Lipinski definition) is 1. The Hall–Kier alpha value is -1.57. The summed E-state index contributed by atoms with van der Waals surface area (Å²) in [5, 5.41) is 8.59. The SMILES string of the molecule is O=C(Nc1nnc(C(F)(F)F)s1)C1CCCN1S(=O)(=O)c1cccs1. The Morgan fingerprint density at radius 2 is 2.12 bits per heavy atom. The van der Waals surface area contributed by atoms with Crippen molar-refractivity contribution in [1.29, 1.82) is 0 Å². The van der Waals surface area contributed by atoms with Crippen LogP contribution in [0.4, 0.5) is 18.3 Å². The number of aromatic nitrogens is 2. The first-order valence-electron chi connectivity index (χ1n) is 6.96. The van der Waals surface area contributed by atoms with Gasteiger partial charge in [-0.05, 0) is 24.3 Å². The predicted octanol–water partition coefficient (Wildman–Crippen LogP) is 2.41. The Morgan fingerprint density at radius 1 is 1.36 bits per heavy atom. The van der Waals surface area contributed by atoms with Gasteiger partial charge in [0, 0.05) is 6.54 Å². The molecule has 0 aromatic carbocycles. The van der Waals surface area contributed by atoms with Crippen molar-refractivity contribution < 1.29 is 26.4 Å². The van der Waals surface area contributed by atoms with E-state index in [1.165, 1.54) is 6.07 Å². The maximum absolute atomic E-state index is 12.6. The third-order valence-electron chi connectivity index (χ3n) is 3.46. The zero-order valence-corrected chi connectivity index (χ0v) is 14.8. The summed E-state index contributed by atoms with van der Waals surface area (Å²) >= 11 is 1.22. The largest absolute Gasteiger partial charge is 0.445 e. The molecule has 1 N–H and O–H groups in total. The summed E-state index contributed by atoms with van der Waals surface area (Å²) in [7, 11) is -3.82.